The molecular weight excluding hydrogens is 376 g/mol. The van der Waals surface area contributed by atoms with E-state index in [4.69, 9.17) is 4.42 Å². The average molecular weight is 389 g/mol. The van der Waals surface area contributed by atoms with E-state index in [0.717, 1.165) is 0 Å². The predicted octanol–water partition coefficient (Wildman–Crippen LogP) is 3.68. The number of esters is 1. The molecule has 122 valence electrons. The lowest BCUT2D eigenvalue weighted by atomic mass is 10.2. The second-order valence-corrected chi connectivity index (χ2v) is 5.57. The van der Waals surface area contributed by atoms with E-state index in [0.29, 0.717) is 15.9 Å². The second kappa shape index (κ2) is 7.62. The van der Waals surface area contributed by atoms with Gasteiger partial charge in [-0.15, -0.1) is 0 Å². The first-order chi connectivity index (χ1) is 11.5. The van der Waals surface area contributed by atoms with Crippen molar-refractivity contribution >= 4 is 39.6 Å². The zero-order valence-corrected chi connectivity index (χ0v) is 14.5. The third kappa shape index (κ3) is 3.91. The summed E-state index contributed by atoms with van der Waals surface area (Å²) in [5.41, 5.74) is 0.623. The van der Waals surface area contributed by atoms with Crippen molar-refractivity contribution in [1.29, 1.82) is 5.26 Å². The molecule has 1 N–H and O–H groups in total. The number of methoxy groups -OCH3 is 1. The van der Waals surface area contributed by atoms with E-state index in [2.05, 4.69) is 26.0 Å². The maximum Gasteiger partial charge on any atom is 0.341 e. The molecule has 0 aliphatic carbocycles. The third-order valence-corrected chi connectivity index (χ3v) is 3.81. The van der Waals surface area contributed by atoms with E-state index in [1.807, 2.05) is 6.07 Å². The van der Waals surface area contributed by atoms with Gasteiger partial charge in [0, 0.05) is 10.5 Å². The first-order valence-corrected chi connectivity index (χ1v) is 7.62. The summed E-state index contributed by atoms with van der Waals surface area (Å²) in [7, 11) is 1.26. The Kier molecular flexibility index (Phi) is 5.55. The maximum absolute atomic E-state index is 12.2. The molecule has 0 radical (unpaired) electrons. The molecule has 0 spiro atoms. The van der Waals surface area contributed by atoms with Gasteiger partial charge in [-0.05, 0) is 41.1 Å². The fraction of sp³-hybridized carbons (Fsp3) is 0.118. The normalized spacial score (nSPS) is 10.8. The van der Waals surface area contributed by atoms with Gasteiger partial charge >= 0.3 is 5.97 Å². The van der Waals surface area contributed by atoms with E-state index in [9.17, 15) is 14.9 Å². The topological polar surface area (TPSA) is 92.3 Å². The van der Waals surface area contributed by atoms with E-state index in [1.54, 1.807) is 31.2 Å². The van der Waals surface area contributed by atoms with Crippen LogP contribution in [0.5, 0.6) is 0 Å². The largest absolute Gasteiger partial charge is 0.465 e. The highest BCUT2D eigenvalue weighted by Crippen LogP contribution is 2.23. The van der Waals surface area contributed by atoms with Gasteiger partial charge in [0.2, 0.25) is 0 Å². The van der Waals surface area contributed by atoms with Crippen molar-refractivity contribution in [2.24, 2.45) is 0 Å². The molecule has 0 aliphatic rings. The van der Waals surface area contributed by atoms with Crippen molar-refractivity contribution in [2.75, 3.05) is 12.4 Å². The quantitative estimate of drug-likeness (QED) is 0.489. The Balaban J connectivity index is 2.26. The van der Waals surface area contributed by atoms with E-state index in [-0.39, 0.29) is 16.9 Å². The van der Waals surface area contributed by atoms with E-state index in [1.165, 1.54) is 19.3 Å². The van der Waals surface area contributed by atoms with Crippen molar-refractivity contribution < 1.29 is 18.7 Å². The number of benzene rings is 1. The summed E-state index contributed by atoms with van der Waals surface area (Å²) in [6.45, 7) is 1.59. The van der Waals surface area contributed by atoms with Crippen LogP contribution in [0, 0.1) is 18.3 Å². The van der Waals surface area contributed by atoms with Gasteiger partial charge in [0.25, 0.3) is 5.91 Å². The molecule has 0 saturated heterocycles. The number of carbonyl (C=O) groups is 2. The maximum atomic E-state index is 12.2. The fourth-order valence-electron chi connectivity index (χ4n) is 1.93. The Bertz CT molecular complexity index is 862. The molecule has 0 bridgehead atoms. The summed E-state index contributed by atoms with van der Waals surface area (Å²) in [5, 5.41) is 11.8. The van der Waals surface area contributed by atoms with Crippen molar-refractivity contribution in [2.45, 2.75) is 6.92 Å². The Morgan fingerprint density at radius 2 is 2.08 bits per heavy atom. The summed E-state index contributed by atoms with van der Waals surface area (Å²) in [5.74, 6) is -0.575. The number of nitrogens with zero attached hydrogens (tertiary/aromatic N) is 1. The van der Waals surface area contributed by atoms with E-state index >= 15 is 0 Å². The number of rotatable bonds is 4. The molecule has 24 heavy (non-hydrogen) atoms. The van der Waals surface area contributed by atoms with Gasteiger partial charge in [-0.3, -0.25) is 4.79 Å². The third-order valence-electron chi connectivity index (χ3n) is 3.12. The molecule has 1 heterocycles. The number of aryl methyl sites for hydroxylation is 1. The molecule has 2 aromatic rings. The van der Waals surface area contributed by atoms with Gasteiger partial charge in [-0.25, -0.2) is 4.79 Å². The van der Waals surface area contributed by atoms with Crippen LogP contribution in [-0.2, 0) is 9.53 Å². The summed E-state index contributed by atoms with van der Waals surface area (Å²) < 4.78 is 10.7. The number of anilines is 1. The number of nitrogens with one attached hydrogen (secondary N) is 1. The Morgan fingerprint density at radius 1 is 1.38 bits per heavy atom. The minimum absolute atomic E-state index is 0.157. The minimum Gasteiger partial charge on any atom is -0.465 e. The Labute approximate surface area is 146 Å². The summed E-state index contributed by atoms with van der Waals surface area (Å²) >= 11 is 3.31. The highest BCUT2D eigenvalue weighted by atomic mass is 79.9. The van der Waals surface area contributed by atoms with Crippen molar-refractivity contribution in [3.05, 3.63) is 57.5 Å². The molecule has 0 fully saturated rings. The second-order valence-electron chi connectivity index (χ2n) is 4.71. The summed E-state index contributed by atoms with van der Waals surface area (Å²) in [6.07, 6.45) is 1.27. The van der Waals surface area contributed by atoms with Crippen LogP contribution in [0.1, 0.15) is 21.9 Å². The zero-order valence-electron chi connectivity index (χ0n) is 12.9. The van der Waals surface area contributed by atoms with Crippen LogP contribution < -0.4 is 5.32 Å². The lowest BCUT2D eigenvalue weighted by molar-refractivity contribution is -0.112. The zero-order chi connectivity index (χ0) is 17.7. The highest BCUT2D eigenvalue weighted by Gasteiger charge is 2.17. The number of halogens is 1. The first-order valence-electron chi connectivity index (χ1n) is 6.82. The molecule has 1 aromatic heterocycles. The smallest absolute Gasteiger partial charge is 0.341 e. The van der Waals surface area contributed by atoms with Crippen molar-refractivity contribution in [3.8, 4) is 6.07 Å². The summed E-state index contributed by atoms with van der Waals surface area (Å²) in [4.78, 5) is 23.8. The van der Waals surface area contributed by atoms with Crippen LogP contribution in [0.15, 0.2) is 44.8 Å². The Hall–Kier alpha value is -2.85. The van der Waals surface area contributed by atoms with Gasteiger partial charge in [0.15, 0.2) is 0 Å². The number of amides is 1. The number of hydrogen-bond acceptors (Lipinski definition) is 5. The number of para-hydroxylation sites is 1. The molecule has 0 aliphatic heterocycles. The molecule has 0 atom stereocenters. The number of carbonyl (C=O) groups excluding carboxylic acids is 2. The van der Waals surface area contributed by atoms with Gasteiger partial charge < -0.3 is 14.5 Å². The van der Waals surface area contributed by atoms with Gasteiger partial charge in [-0.2, -0.15) is 5.26 Å². The van der Waals surface area contributed by atoms with Crippen molar-refractivity contribution in [1.82, 2.24) is 0 Å². The van der Waals surface area contributed by atoms with Gasteiger partial charge in [0.05, 0.1) is 12.8 Å². The Morgan fingerprint density at radius 3 is 2.71 bits per heavy atom. The van der Waals surface area contributed by atoms with Crippen LogP contribution in [0.4, 0.5) is 5.69 Å². The molecule has 1 aromatic carbocycles. The van der Waals surface area contributed by atoms with Gasteiger partial charge in [0.1, 0.15) is 28.7 Å². The highest BCUT2D eigenvalue weighted by molar-refractivity contribution is 9.10. The standard InChI is InChI=1S/C17H13BrN2O4/c1-10-13(17(22)23-2)8-12(24-10)7-11(9-19)16(21)20-15-6-4-3-5-14(15)18/h3-8H,1-2H3,(H,20,21)/b11-7-. The minimum atomic E-state index is -0.585. The number of hydrogen-bond donors (Lipinski definition) is 1. The van der Waals surface area contributed by atoms with Crippen molar-refractivity contribution in [3.63, 3.8) is 0 Å². The lowest BCUT2D eigenvalue weighted by Crippen LogP contribution is -2.13. The van der Waals surface area contributed by atoms with Crippen LogP contribution in [-0.4, -0.2) is 19.0 Å². The van der Waals surface area contributed by atoms with Crippen LogP contribution in [0.25, 0.3) is 6.08 Å². The fourth-order valence-corrected chi connectivity index (χ4v) is 2.32. The number of ether oxygens (including phenoxy) is 1. The lowest BCUT2D eigenvalue weighted by Gasteiger charge is -2.05. The van der Waals surface area contributed by atoms with Crippen LogP contribution >= 0.6 is 15.9 Å². The molecule has 0 saturated carbocycles. The monoisotopic (exact) mass is 388 g/mol. The summed E-state index contributed by atoms with van der Waals surface area (Å²) in [6, 6.07) is 10.3. The van der Waals surface area contributed by atoms with Crippen LogP contribution in [0.3, 0.4) is 0 Å². The molecule has 0 unspecified atom stereocenters. The molecule has 7 heteroatoms. The number of nitriles is 1. The average Bonchev–Trinajstić information content (AvgIpc) is 2.94. The molecule has 6 nitrogen and oxygen atoms in total. The number of furan rings is 1. The predicted molar refractivity (Wildman–Crippen MR) is 91.1 cm³/mol. The molecule has 1 amide bonds. The molecule has 2 rings (SSSR count). The SMILES string of the molecule is COC(=O)c1cc(/C=C(/C#N)C(=O)Nc2ccccc2Br)oc1C. The van der Waals surface area contributed by atoms with E-state index < -0.39 is 11.9 Å². The van der Waals surface area contributed by atoms with Gasteiger partial charge in [-0.1, -0.05) is 12.1 Å². The first kappa shape index (κ1) is 17.5. The molecular formula is C17H13BrN2O4. The van der Waals surface area contributed by atoms with Crippen LogP contribution in [0.2, 0.25) is 0 Å².